The van der Waals surface area contributed by atoms with Crippen LogP contribution in [0.1, 0.15) is 12.1 Å². The molecular formula is C10H14N4O2. The molecule has 1 aliphatic heterocycles. The Bertz CT molecular complexity index is 374. The minimum Gasteiger partial charge on any atom is -0.354 e. The third-order valence-electron chi connectivity index (χ3n) is 2.51. The van der Waals surface area contributed by atoms with Crippen LogP contribution in [-0.4, -0.2) is 46.5 Å². The molecule has 0 unspecified atom stereocenters. The molecule has 0 aliphatic carbocycles. The molecule has 1 aliphatic rings. The first-order chi connectivity index (χ1) is 7.75. The van der Waals surface area contributed by atoms with E-state index in [1.165, 1.54) is 0 Å². The third kappa shape index (κ3) is 2.59. The number of hydrogen-bond acceptors (Lipinski definition) is 3. The number of nitrogens with one attached hydrogen (secondary N) is 2. The van der Waals surface area contributed by atoms with E-state index in [2.05, 4.69) is 15.5 Å². The molecule has 1 saturated heterocycles. The molecule has 0 atom stereocenters. The summed E-state index contributed by atoms with van der Waals surface area (Å²) in [6.45, 7) is 1.44. The molecule has 0 saturated carbocycles. The van der Waals surface area contributed by atoms with Crippen LogP contribution < -0.4 is 5.32 Å². The fourth-order valence-corrected chi connectivity index (χ4v) is 1.68. The van der Waals surface area contributed by atoms with Crippen molar-refractivity contribution in [3.63, 3.8) is 0 Å². The van der Waals surface area contributed by atoms with E-state index in [-0.39, 0.29) is 24.8 Å². The predicted octanol–water partition coefficient (Wildman–Crippen LogP) is -0.699. The molecule has 6 nitrogen and oxygen atoms in total. The summed E-state index contributed by atoms with van der Waals surface area (Å²) in [5.74, 6) is -0.128. The number of carbonyl (C=O) groups is 2. The Kier molecular flexibility index (Phi) is 3.19. The zero-order chi connectivity index (χ0) is 11.4. The highest BCUT2D eigenvalue weighted by molar-refractivity contribution is 5.85. The van der Waals surface area contributed by atoms with Gasteiger partial charge in [0.1, 0.15) is 0 Å². The van der Waals surface area contributed by atoms with Gasteiger partial charge in [0.2, 0.25) is 11.8 Å². The van der Waals surface area contributed by atoms with E-state index in [1.807, 2.05) is 0 Å². The molecule has 1 aromatic rings. The van der Waals surface area contributed by atoms with Crippen LogP contribution in [0.15, 0.2) is 12.3 Å². The summed E-state index contributed by atoms with van der Waals surface area (Å²) in [7, 11) is 0. The van der Waals surface area contributed by atoms with Gasteiger partial charge in [0.15, 0.2) is 0 Å². The van der Waals surface area contributed by atoms with Gasteiger partial charge in [-0.25, -0.2) is 0 Å². The number of amides is 2. The molecule has 2 rings (SSSR count). The van der Waals surface area contributed by atoms with Crippen molar-refractivity contribution in [3.8, 4) is 0 Å². The van der Waals surface area contributed by atoms with Gasteiger partial charge in [0, 0.05) is 25.0 Å². The molecular weight excluding hydrogens is 208 g/mol. The van der Waals surface area contributed by atoms with E-state index in [1.54, 1.807) is 17.2 Å². The van der Waals surface area contributed by atoms with Crippen LogP contribution in [-0.2, 0) is 16.0 Å². The monoisotopic (exact) mass is 222 g/mol. The minimum atomic E-state index is -0.0875. The fraction of sp³-hybridized carbons (Fsp3) is 0.500. The maximum Gasteiger partial charge on any atom is 0.239 e. The minimum absolute atomic E-state index is 0.0405. The van der Waals surface area contributed by atoms with E-state index in [4.69, 9.17) is 0 Å². The Morgan fingerprint density at radius 1 is 1.56 bits per heavy atom. The van der Waals surface area contributed by atoms with Crippen LogP contribution in [0.2, 0.25) is 0 Å². The van der Waals surface area contributed by atoms with Gasteiger partial charge in [0.05, 0.1) is 13.0 Å². The van der Waals surface area contributed by atoms with Gasteiger partial charge >= 0.3 is 0 Å². The molecule has 6 heteroatoms. The zero-order valence-corrected chi connectivity index (χ0v) is 8.90. The zero-order valence-electron chi connectivity index (χ0n) is 8.90. The van der Waals surface area contributed by atoms with Crippen molar-refractivity contribution in [2.45, 2.75) is 12.8 Å². The second kappa shape index (κ2) is 4.78. The van der Waals surface area contributed by atoms with Crippen molar-refractivity contribution in [2.75, 3.05) is 19.6 Å². The van der Waals surface area contributed by atoms with Crippen molar-refractivity contribution in [2.24, 2.45) is 0 Å². The molecule has 1 fully saturated rings. The highest BCUT2D eigenvalue weighted by atomic mass is 16.2. The Morgan fingerprint density at radius 3 is 3.19 bits per heavy atom. The molecule has 86 valence electrons. The topological polar surface area (TPSA) is 78.1 Å². The standard InChI is InChI=1S/C10H14N4O2/c15-9-7-14(5-1-3-11-9)10(16)6-8-2-4-12-13-8/h2,4H,1,3,5-7H2,(H,11,15)(H,12,13). The Balaban J connectivity index is 1.95. The number of H-pyrrole nitrogens is 1. The third-order valence-corrected chi connectivity index (χ3v) is 2.51. The van der Waals surface area contributed by atoms with Crippen molar-refractivity contribution in [1.82, 2.24) is 20.4 Å². The second-order valence-electron chi connectivity index (χ2n) is 3.78. The molecule has 0 aromatic carbocycles. The molecule has 2 N–H and O–H groups in total. The largest absolute Gasteiger partial charge is 0.354 e. The van der Waals surface area contributed by atoms with E-state index >= 15 is 0 Å². The number of rotatable bonds is 2. The number of hydrogen-bond donors (Lipinski definition) is 2. The molecule has 2 amide bonds. The van der Waals surface area contributed by atoms with Crippen LogP contribution in [0.5, 0.6) is 0 Å². The lowest BCUT2D eigenvalue weighted by Crippen LogP contribution is -2.38. The predicted molar refractivity (Wildman–Crippen MR) is 56.5 cm³/mol. The fourth-order valence-electron chi connectivity index (χ4n) is 1.68. The first-order valence-electron chi connectivity index (χ1n) is 5.28. The SMILES string of the molecule is O=C1CN(C(=O)Cc2ccn[nH]2)CCCN1. The maximum atomic E-state index is 11.9. The van der Waals surface area contributed by atoms with Crippen LogP contribution in [0.3, 0.4) is 0 Å². The molecule has 0 spiro atoms. The highest BCUT2D eigenvalue weighted by Gasteiger charge is 2.19. The normalized spacial score (nSPS) is 16.8. The first-order valence-corrected chi connectivity index (χ1v) is 5.28. The lowest BCUT2D eigenvalue weighted by Gasteiger charge is -2.18. The number of aromatic amines is 1. The summed E-state index contributed by atoms with van der Waals surface area (Å²) in [5, 5.41) is 9.25. The molecule has 16 heavy (non-hydrogen) atoms. The molecule has 0 radical (unpaired) electrons. The Hall–Kier alpha value is -1.85. The number of carbonyl (C=O) groups excluding carboxylic acids is 2. The van der Waals surface area contributed by atoms with Gasteiger partial charge in [-0.1, -0.05) is 0 Å². The van der Waals surface area contributed by atoms with Gasteiger partial charge in [-0.3, -0.25) is 14.7 Å². The van der Waals surface area contributed by atoms with Crippen LogP contribution in [0, 0.1) is 0 Å². The number of aromatic nitrogens is 2. The summed E-state index contributed by atoms with van der Waals surface area (Å²) in [5.41, 5.74) is 0.773. The lowest BCUT2D eigenvalue weighted by molar-refractivity contribution is -0.134. The average Bonchev–Trinajstić information content (AvgIpc) is 2.65. The molecule has 1 aromatic heterocycles. The van der Waals surface area contributed by atoms with Crippen molar-refractivity contribution < 1.29 is 9.59 Å². The van der Waals surface area contributed by atoms with Gasteiger partial charge in [0.25, 0.3) is 0 Å². The van der Waals surface area contributed by atoms with Gasteiger partial charge in [-0.15, -0.1) is 0 Å². The van der Waals surface area contributed by atoms with Crippen LogP contribution in [0.25, 0.3) is 0 Å². The first kappa shape index (κ1) is 10.7. The van der Waals surface area contributed by atoms with Gasteiger partial charge in [-0.2, -0.15) is 5.10 Å². The Labute approximate surface area is 93.0 Å². The van der Waals surface area contributed by atoms with E-state index < -0.39 is 0 Å². The summed E-state index contributed by atoms with van der Waals surface area (Å²) in [4.78, 5) is 24.7. The van der Waals surface area contributed by atoms with Crippen molar-refractivity contribution in [3.05, 3.63) is 18.0 Å². The lowest BCUT2D eigenvalue weighted by atomic mass is 10.2. The summed E-state index contributed by atoms with van der Waals surface area (Å²) >= 11 is 0. The highest BCUT2D eigenvalue weighted by Crippen LogP contribution is 2.02. The van der Waals surface area contributed by atoms with E-state index in [0.717, 1.165) is 12.1 Å². The maximum absolute atomic E-state index is 11.9. The van der Waals surface area contributed by atoms with Crippen LogP contribution >= 0.6 is 0 Å². The summed E-state index contributed by atoms with van der Waals surface area (Å²) < 4.78 is 0. The molecule has 0 bridgehead atoms. The summed E-state index contributed by atoms with van der Waals surface area (Å²) in [6.07, 6.45) is 2.69. The van der Waals surface area contributed by atoms with Gasteiger partial charge in [-0.05, 0) is 12.5 Å². The molecule has 2 heterocycles. The van der Waals surface area contributed by atoms with Crippen LogP contribution in [0.4, 0.5) is 0 Å². The quantitative estimate of drug-likeness (QED) is 0.694. The van der Waals surface area contributed by atoms with E-state index in [9.17, 15) is 9.59 Å². The van der Waals surface area contributed by atoms with Crippen molar-refractivity contribution in [1.29, 1.82) is 0 Å². The summed E-state index contributed by atoms with van der Waals surface area (Å²) in [6, 6.07) is 1.76. The van der Waals surface area contributed by atoms with E-state index in [0.29, 0.717) is 13.1 Å². The second-order valence-corrected chi connectivity index (χ2v) is 3.78. The average molecular weight is 222 g/mol. The smallest absolute Gasteiger partial charge is 0.239 e. The van der Waals surface area contributed by atoms with Crippen molar-refractivity contribution >= 4 is 11.8 Å². The number of nitrogens with zero attached hydrogens (tertiary/aromatic N) is 2. The Morgan fingerprint density at radius 2 is 2.44 bits per heavy atom. The van der Waals surface area contributed by atoms with Gasteiger partial charge < -0.3 is 10.2 Å².